The van der Waals surface area contributed by atoms with E-state index in [9.17, 15) is 32.9 Å². The summed E-state index contributed by atoms with van der Waals surface area (Å²) < 4.78 is 41.0. The number of nitro groups is 1. The average Bonchev–Trinajstić information content (AvgIpc) is 2.96. The second-order valence-electron chi connectivity index (χ2n) is 9.09. The van der Waals surface area contributed by atoms with Crippen molar-refractivity contribution in [3.05, 3.63) is 130 Å². The highest BCUT2D eigenvalue weighted by atomic mass is 79.9. The molecule has 0 saturated carbocycles. The summed E-state index contributed by atoms with van der Waals surface area (Å²) in [5.41, 5.74) is 0.962. The first kappa shape index (κ1) is 30.0. The summed E-state index contributed by atoms with van der Waals surface area (Å²) in [5, 5.41) is 14.1. The van der Waals surface area contributed by atoms with Crippen LogP contribution in [0.3, 0.4) is 0 Å². The van der Waals surface area contributed by atoms with E-state index in [0.717, 1.165) is 12.1 Å². The van der Waals surface area contributed by atoms with Gasteiger partial charge in [-0.2, -0.15) is 17.7 Å². The third kappa shape index (κ3) is 6.66. The predicted octanol–water partition coefficient (Wildman–Crippen LogP) is 3.26. The summed E-state index contributed by atoms with van der Waals surface area (Å²) in [7, 11) is 0. The van der Waals surface area contributed by atoms with Gasteiger partial charge in [-0.25, -0.2) is 4.98 Å². The first-order chi connectivity index (χ1) is 19.6. The van der Waals surface area contributed by atoms with Gasteiger partial charge in [0.1, 0.15) is 0 Å². The van der Waals surface area contributed by atoms with E-state index in [1.54, 1.807) is 59.4 Å². The molecular formula is C30H20BrF3N4O4. The van der Waals surface area contributed by atoms with Crippen molar-refractivity contribution in [2.45, 2.75) is 12.7 Å². The van der Waals surface area contributed by atoms with Crippen LogP contribution in [0.2, 0.25) is 0 Å². The molecule has 0 spiro atoms. The van der Waals surface area contributed by atoms with E-state index in [1.807, 2.05) is 0 Å². The Hall–Kier alpha value is -4.97. The third-order valence-electron chi connectivity index (χ3n) is 6.30. The van der Waals surface area contributed by atoms with Crippen molar-refractivity contribution < 1.29 is 49.2 Å². The number of amides is 1. The number of Topliss-reactive ketones (excluding diaryl/α,β-unsaturated/α-hetero) is 1. The molecule has 0 fully saturated rings. The number of non-ortho nitro benzene ring substituents is 1. The Labute approximate surface area is 247 Å². The van der Waals surface area contributed by atoms with Crippen molar-refractivity contribution >= 4 is 34.0 Å². The number of anilines is 1. The van der Waals surface area contributed by atoms with Crippen molar-refractivity contribution in [2.75, 3.05) is 5.32 Å². The van der Waals surface area contributed by atoms with Gasteiger partial charge in [-0.3, -0.25) is 19.7 Å². The van der Waals surface area contributed by atoms with Gasteiger partial charge in [0.25, 0.3) is 11.6 Å². The molecule has 2 aromatic heterocycles. The van der Waals surface area contributed by atoms with E-state index >= 15 is 0 Å². The molecule has 0 saturated heterocycles. The van der Waals surface area contributed by atoms with Crippen molar-refractivity contribution in [2.24, 2.45) is 0 Å². The molecule has 0 radical (unpaired) electrons. The molecule has 0 unspecified atom stereocenters. The van der Waals surface area contributed by atoms with Crippen LogP contribution in [0, 0.1) is 10.1 Å². The number of carbonyl (C=O) groups excluding carboxylic acids is 2. The van der Waals surface area contributed by atoms with Crippen LogP contribution < -0.4 is 26.9 Å². The van der Waals surface area contributed by atoms with Crippen LogP contribution in [0.15, 0.2) is 103 Å². The van der Waals surface area contributed by atoms with Crippen LogP contribution in [0.4, 0.5) is 24.5 Å². The monoisotopic (exact) mass is 636 g/mol. The molecule has 0 aliphatic heterocycles. The molecule has 12 heteroatoms. The van der Waals surface area contributed by atoms with Crippen LogP contribution in [0.5, 0.6) is 0 Å². The van der Waals surface area contributed by atoms with Crippen LogP contribution in [-0.4, -0.2) is 21.6 Å². The Kier molecular flexibility index (Phi) is 8.76. The number of aromatic nitrogens is 2. The fourth-order valence-electron chi connectivity index (χ4n) is 4.27. The molecule has 1 N–H and O–H groups in total. The molecular weight excluding hydrogens is 617 g/mol. The third-order valence-corrected chi connectivity index (χ3v) is 6.30. The number of alkyl halides is 3. The molecule has 0 aliphatic rings. The van der Waals surface area contributed by atoms with E-state index in [1.165, 1.54) is 36.4 Å². The van der Waals surface area contributed by atoms with Gasteiger partial charge >= 0.3 is 6.18 Å². The number of hydrogen-bond donors (Lipinski definition) is 1. The van der Waals surface area contributed by atoms with E-state index < -0.39 is 22.6 Å². The zero-order valence-corrected chi connectivity index (χ0v) is 23.1. The fraction of sp³-hybridized carbons (Fsp3) is 0.0667. The quantitative estimate of drug-likeness (QED) is 0.128. The zero-order chi connectivity index (χ0) is 29.1. The highest BCUT2D eigenvalue weighted by Crippen LogP contribution is 2.31. The minimum Gasteiger partial charge on any atom is -1.00 e. The summed E-state index contributed by atoms with van der Waals surface area (Å²) in [4.78, 5) is 41.0. The Morgan fingerprint density at radius 2 is 1.62 bits per heavy atom. The first-order valence-electron chi connectivity index (χ1n) is 12.2. The SMILES string of the molecule is O=C(C[n+]1ccc(-c2cc(C(=O)Nc3cccc(C(F)(F)F)c3)c3ccccc3n2)cc1)c1cccc([N+](=O)[O-])c1.[Br-]. The number of nitrogens with zero attached hydrogens (tertiary/aromatic N) is 3. The summed E-state index contributed by atoms with van der Waals surface area (Å²) in [6.45, 7) is -0.0583. The number of nitro benzene ring substituents is 1. The normalized spacial score (nSPS) is 11.0. The molecule has 0 aliphatic carbocycles. The number of pyridine rings is 2. The van der Waals surface area contributed by atoms with Crippen LogP contribution in [-0.2, 0) is 12.7 Å². The second-order valence-corrected chi connectivity index (χ2v) is 9.09. The van der Waals surface area contributed by atoms with E-state index in [0.29, 0.717) is 22.2 Å². The molecule has 212 valence electrons. The molecule has 5 rings (SSSR count). The largest absolute Gasteiger partial charge is 1.00 e. The van der Waals surface area contributed by atoms with E-state index in [4.69, 9.17) is 0 Å². The molecule has 5 aromatic rings. The number of fused-ring (bicyclic) bond motifs is 1. The van der Waals surface area contributed by atoms with Crippen LogP contribution in [0.1, 0.15) is 26.3 Å². The molecule has 2 heterocycles. The molecule has 42 heavy (non-hydrogen) atoms. The summed E-state index contributed by atoms with van der Waals surface area (Å²) in [6, 6.07) is 21.7. The number of rotatable bonds is 7. The molecule has 3 aromatic carbocycles. The lowest BCUT2D eigenvalue weighted by molar-refractivity contribution is -0.683. The maximum atomic E-state index is 13.2. The van der Waals surface area contributed by atoms with Crippen molar-refractivity contribution in [3.63, 3.8) is 0 Å². The first-order valence-corrected chi connectivity index (χ1v) is 12.2. The van der Waals surface area contributed by atoms with E-state index in [2.05, 4.69) is 10.3 Å². The lowest BCUT2D eigenvalue weighted by Crippen LogP contribution is -3.00. The number of halogens is 4. The Balaban J connectivity index is 0.00000405. The minimum absolute atomic E-state index is 0. The highest BCUT2D eigenvalue weighted by Gasteiger charge is 2.30. The molecule has 0 atom stereocenters. The summed E-state index contributed by atoms with van der Waals surface area (Å²) in [6.07, 6.45) is -1.27. The van der Waals surface area contributed by atoms with Gasteiger partial charge in [-0.15, -0.1) is 0 Å². The standard InChI is InChI=1S/C30H19F3N4O4.BrH/c31-30(32,33)21-6-4-7-22(16-21)34-29(39)25-17-27(35-26-10-2-1-9-24(25)26)19-11-13-36(14-12-19)18-28(38)20-5-3-8-23(15-20)37(40)41;/h1-17H,18H2;1H. The minimum atomic E-state index is -4.55. The maximum absolute atomic E-state index is 13.2. The summed E-state index contributed by atoms with van der Waals surface area (Å²) >= 11 is 0. The van der Waals surface area contributed by atoms with Gasteiger partial charge < -0.3 is 22.3 Å². The average molecular weight is 637 g/mol. The second kappa shape index (κ2) is 12.3. The predicted molar refractivity (Wildman–Crippen MR) is 144 cm³/mol. The lowest BCUT2D eigenvalue weighted by atomic mass is 10.0. The number of carbonyl (C=O) groups is 2. The molecule has 1 amide bonds. The number of benzene rings is 3. The van der Waals surface area contributed by atoms with Gasteiger partial charge in [0.15, 0.2) is 12.4 Å². The van der Waals surface area contributed by atoms with Crippen LogP contribution >= 0.6 is 0 Å². The number of para-hydroxylation sites is 1. The summed E-state index contributed by atoms with van der Waals surface area (Å²) in [5.74, 6) is -0.915. The van der Waals surface area contributed by atoms with Gasteiger partial charge in [0.2, 0.25) is 12.3 Å². The van der Waals surface area contributed by atoms with Crippen LogP contribution in [0.25, 0.3) is 22.2 Å². The highest BCUT2D eigenvalue weighted by molar-refractivity contribution is 6.13. The number of ketones is 1. The van der Waals surface area contributed by atoms with Crippen molar-refractivity contribution in [1.82, 2.24) is 4.98 Å². The van der Waals surface area contributed by atoms with E-state index in [-0.39, 0.29) is 51.8 Å². The smallest absolute Gasteiger partial charge is 0.416 e. The number of hydrogen-bond acceptors (Lipinski definition) is 5. The fourth-order valence-corrected chi connectivity index (χ4v) is 4.27. The zero-order valence-electron chi connectivity index (χ0n) is 21.5. The van der Waals surface area contributed by atoms with Crippen molar-refractivity contribution in [3.8, 4) is 11.3 Å². The Morgan fingerprint density at radius 3 is 2.33 bits per heavy atom. The number of nitrogens with one attached hydrogen (secondary N) is 1. The van der Waals surface area contributed by atoms with Gasteiger partial charge in [-0.05, 0) is 30.3 Å². The lowest BCUT2D eigenvalue weighted by Gasteiger charge is -2.12. The van der Waals surface area contributed by atoms with Crippen molar-refractivity contribution in [1.29, 1.82) is 0 Å². The maximum Gasteiger partial charge on any atom is 0.416 e. The van der Waals surface area contributed by atoms with Gasteiger partial charge in [0.05, 0.1) is 27.3 Å². The Morgan fingerprint density at radius 1 is 0.905 bits per heavy atom. The molecule has 0 bridgehead atoms. The topological polar surface area (TPSA) is 106 Å². The molecule has 8 nitrogen and oxygen atoms in total. The van der Waals surface area contributed by atoms with Gasteiger partial charge in [0, 0.05) is 46.5 Å². The van der Waals surface area contributed by atoms with Gasteiger partial charge in [-0.1, -0.05) is 36.4 Å². The Bertz CT molecular complexity index is 1810.